The Morgan fingerprint density at radius 2 is 2.27 bits per heavy atom. The zero-order valence-corrected chi connectivity index (χ0v) is 10.1. The summed E-state index contributed by atoms with van der Waals surface area (Å²) < 4.78 is 16.8. The van der Waals surface area contributed by atoms with Crippen LogP contribution < -0.4 is 4.74 Å². The molecule has 0 aliphatic rings. The van der Waals surface area contributed by atoms with Crippen molar-refractivity contribution in [1.29, 1.82) is 0 Å². The predicted molar refractivity (Wildman–Crippen MR) is 60.8 cm³/mol. The molecule has 1 aromatic rings. The van der Waals surface area contributed by atoms with Crippen LogP contribution in [0.25, 0.3) is 0 Å². The third kappa shape index (κ3) is 3.47. The van der Waals surface area contributed by atoms with Crippen LogP contribution in [-0.4, -0.2) is 18.0 Å². The first-order chi connectivity index (χ1) is 7.19. The summed E-state index contributed by atoms with van der Waals surface area (Å²) in [6, 6.07) is 4.55. The fourth-order valence-corrected chi connectivity index (χ4v) is 1.65. The second kappa shape index (κ2) is 6.08. The highest BCUT2D eigenvalue weighted by Gasteiger charge is 2.12. The molecule has 1 aromatic carbocycles. The molecule has 0 atom stereocenters. The van der Waals surface area contributed by atoms with Gasteiger partial charge in [0.2, 0.25) is 6.86 Å². The Hall–Kier alpha value is -0.610. The Morgan fingerprint density at radius 1 is 1.53 bits per heavy atom. The number of rotatable bonds is 5. The van der Waals surface area contributed by atoms with Crippen LogP contribution in [0.3, 0.4) is 0 Å². The van der Waals surface area contributed by atoms with Gasteiger partial charge in [-0.3, -0.25) is 4.79 Å². The van der Waals surface area contributed by atoms with E-state index in [-0.39, 0.29) is 11.5 Å². The summed E-state index contributed by atoms with van der Waals surface area (Å²) >= 11 is 8.87. The minimum Gasteiger partial charge on any atom is -0.462 e. The first-order valence-corrected chi connectivity index (χ1v) is 5.76. The number of alkyl halides is 2. The van der Waals surface area contributed by atoms with Crippen molar-refractivity contribution in [3.8, 4) is 5.75 Å². The Morgan fingerprint density at radius 3 is 2.87 bits per heavy atom. The summed E-state index contributed by atoms with van der Waals surface area (Å²) in [5, 5.41) is 0.970. The fraction of sp³-hybridized carbons (Fsp3) is 0.300. The molecule has 0 N–H and O–H groups in total. The SMILES string of the molecule is O=C(CCBr)c1ccc(Cl)cc1OCF. The van der Waals surface area contributed by atoms with E-state index in [1.165, 1.54) is 6.07 Å². The van der Waals surface area contributed by atoms with Gasteiger partial charge in [-0.25, -0.2) is 4.39 Å². The molecule has 15 heavy (non-hydrogen) atoms. The van der Waals surface area contributed by atoms with Gasteiger partial charge in [0.1, 0.15) is 5.75 Å². The first-order valence-electron chi connectivity index (χ1n) is 4.26. The second-order valence-electron chi connectivity index (χ2n) is 2.76. The number of hydrogen-bond acceptors (Lipinski definition) is 2. The highest BCUT2D eigenvalue weighted by Crippen LogP contribution is 2.24. The van der Waals surface area contributed by atoms with Crippen LogP contribution in [0, 0.1) is 0 Å². The zero-order chi connectivity index (χ0) is 11.3. The Labute approximate surface area is 101 Å². The molecule has 0 spiro atoms. The zero-order valence-electron chi connectivity index (χ0n) is 7.80. The molecule has 1 rings (SSSR count). The van der Waals surface area contributed by atoms with E-state index < -0.39 is 6.86 Å². The standard InChI is InChI=1S/C10H9BrClFO2/c11-4-3-9(14)8-2-1-7(12)5-10(8)15-6-13/h1-2,5H,3-4,6H2. The summed E-state index contributed by atoms with van der Waals surface area (Å²) in [7, 11) is 0. The van der Waals surface area contributed by atoms with Gasteiger partial charge in [-0.1, -0.05) is 27.5 Å². The lowest BCUT2D eigenvalue weighted by molar-refractivity contribution is 0.0982. The Balaban J connectivity index is 2.99. The van der Waals surface area contributed by atoms with Gasteiger partial charge >= 0.3 is 0 Å². The van der Waals surface area contributed by atoms with Crippen molar-refractivity contribution in [2.45, 2.75) is 6.42 Å². The largest absolute Gasteiger partial charge is 0.462 e. The number of benzene rings is 1. The maximum atomic E-state index is 12.1. The number of Topliss-reactive ketones (excluding diaryl/α,β-unsaturated/α-hetero) is 1. The molecule has 0 saturated heterocycles. The van der Waals surface area contributed by atoms with Crippen LogP contribution in [0.5, 0.6) is 5.75 Å². The molecule has 0 heterocycles. The van der Waals surface area contributed by atoms with E-state index in [9.17, 15) is 9.18 Å². The van der Waals surface area contributed by atoms with Gasteiger partial charge in [0.05, 0.1) is 5.56 Å². The maximum absolute atomic E-state index is 12.1. The summed E-state index contributed by atoms with van der Waals surface area (Å²) in [6.45, 7) is -0.977. The van der Waals surface area contributed by atoms with Crippen molar-refractivity contribution in [2.24, 2.45) is 0 Å². The quantitative estimate of drug-likeness (QED) is 0.613. The lowest BCUT2D eigenvalue weighted by Crippen LogP contribution is -2.04. The van der Waals surface area contributed by atoms with Crippen LogP contribution >= 0.6 is 27.5 Å². The van der Waals surface area contributed by atoms with E-state index in [0.29, 0.717) is 22.3 Å². The fourth-order valence-electron chi connectivity index (χ4n) is 1.13. The second-order valence-corrected chi connectivity index (χ2v) is 3.99. The molecule has 0 bridgehead atoms. The first kappa shape index (κ1) is 12.5. The topological polar surface area (TPSA) is 26.3 Å². The van der Waals surface area contributed by atoms with Crippen molar-refractivity contribution in [3.63, 3.8) is 0 Å². The van der Waals surface area contributed by atoms with Crippen LogP contribution in [0.4, 0.5) is 4.39 Å². The lowest BCUT2D eigenvalue weighted by Gasteiger charge is -2.07. The molecule has 0 amide bonds. The number of hydrogen-bond donors (Lipinski definition) is 0. The summed E-state index contributed by atoms with van der Waals surface area (Å²) in [4.78, 5) is 11.6. The normalized spacial score (nSPS) is 10.1. The Bertz CT molecular complexity index is 357. The molecule has 0 radical (unpaired) electrons. The van der Waals surface area contributed by atoms with Crippen LogP contribution in [-0.2, 0) is 0 Å². The molecule has 5 heteroatoms. The highest BCUT2D eigenvalue weighted by atomic mass is 79.9. The number of ether oxygens (including phenoxy) is 1. The molecule has 0 fully saturated rings. The van der Waals surface area contributed by atoms with Gasteiger partial charge in [-0.2, -0.15) is 0 Å². The lowest BCUT2D eigenvalue weighted by atomic mass is 10.1. The predicted octanol–water partition coefficient (Wildman–Crippen LogP) is 3.61. The third-order valence-corrected chi connectivity index (χ3v) is 2.41. The van der Waals surface area contributed by atoms with Gasteiger partial charge in [0.25, 0.3) is 0 Å². The maximum Gasteiger partial charge on any atom is 0.228 e. The third-order valence-electron chi connectivity index (χ3n) is 1.78. The Kier molecular flexibility index (Phi) is 5.05. The summed E-state index contributed by atoms with van der Waals surface area (Å²) in [6.07, 6.45) is 0.338. The van der Waals surface area contributed by atoms with Gasteiger partial charge in [-0.05, 0) is 18.2 Å². The van der Waals surface area contributed by atoms with Crippen molar-refractivity contribution >= 4 is 33.3 Å². The van der Waals surface area contributed by atoms with Crippen LogP contribution in [0.1, 0.15) is 16.8 Å². The molecule has 0 unspecified atom stereocenters. The van der Waals surface area contributed by atoms with E-state index >= 15 is 0 Å². The number of halogens is 3. The number of carbonyl (C=O) groups excluding carboxylic acids is 1. The van der Waals surface area contributed by atoms with Crippen molar-refractivity contribution in [1.82, 2.24) is 0 Å². The molecule has 0 aliphatic heterocycles. The minimum absolute atomic E-state index is 0.105. The highest BCUT2D eigenvalue weighted by molar-refractivity contribution is 9.09. The molecule has 0 saturated carbocycles. The van der Waals surface area contributed by atoms with Gasteiger partial charge in [-0.15, -0.1) is 0 Å². The minimum atomic E-state index is -0.977. The van der Waals surface area contributed by atoms with Crippen molar-refractivity contribution < 1.29 is 13.9 Å². The van der Waals surface area contributed by atoms with E-state index in [1.54, 1.807) is 12.1 Å². The van der Waals surface area contributed by atoms with Gasteiger partial charge < -0.3 is 4.74 Å². The van der Waals surface area contributed by atoms with Gasteiger partial charge in [0.15, 0.2) is 5.78 Å². The van der Waals surface area contributed by atoms with E-state index in [1.807, 2.05) is 0 Å². The monoisotopic (exact) mass is 294 g/mol. The van der Waals surface area contributed by atoms with Gasteiger partial charge in [0, 0.05) is 16.8 Å². The number of carbonyl (C=O) groups is 1. The summed E-state index contributed by atoms with van der Waals surface area (Å²) in [5.41, 5.74) is 0.358. The molecular formula is C10H9BrClFO2. The molecule has 82 valence electrons. The van der Waals surface area contributed by atoms with Crippen molar-refractivity contribution in [3.05, 3.63) is 28.8 Å². The van der Waals surface area contributed by atoms with Crippen LogP contribution in [0.15, 0.2) is 18.2 Å². The average Bonchev–Trinajstić information content (AvgIpc) is 2.18. The smallest absolute Gasteiger partial charge is 0.228 e. The van der Waals surface area contributed by atoms with Crippen molar-refractivity contribution in [2.75, 3.05) is 12.2 Å². The van der Waals surface area contributed by atoms with Crippen LogP contribution in [0.2, 0.25) is 5.02 Å². The van der Waals surface area contributed by atoms with E-state index in [0.717, 1.165) is 0 Å². The molecule has 2 nitrogen and oxygen atoms in total. The van der Waals surface area contributed by atoms with E-state index in [2.05, 4.69) is 15.9 Å². The number of ketones is 1. The average molecular weight is 296 g/mol. The molecule has 0 aromatic heterocycles. The van der Waals surface area contributed by atoms with E-state index in [4.69, 9.17) is 16.3 Å². The molecular weight excluding hydrogens is 286 g/mol. The molecule has 0 aliphatic carbocycles. The summed E-state index contributed by atoms with van der Waals surface area (Å²) in [5.74, 6) is 0.0861.